The van der Waals surface area contributed by atoms with E-state index in [2.05, 4.69) is 116 Å². The largest absolute Gasteiger partial charge is 0.213 e. The second kappa shape index (κ2) is 21.2. The van der Waals surface area contributed by atoms with Crippen LogP contribution in [0, 0.1) is 37.5 Å². The fourth-order valence-corrected chi connectivity index (χ4v) is 22.1. The molecule has 0 radical (unpaired) electrons. The molecule has 6 heterocycles. The van der Waals surface area contributed by atoms with Crippen LogP contribution in [-0.4, -0.2) is 28.5 Å². The predicted molar refractivity (Wildman–Crippen MR) is 262 cm³/mol. The van der Waals surface area contributed by atoms with Gasteiger partial charge in [-0.2, -0.15) is 0 Å². The summed E-state index contributed by atoms with van der Waals surface area (Å²) in [6, 6.07) is 12.8. The number of fused-ring (bicyclic) bond motifs is 3. The Kier molecular flexibility index (Phi) is 16.6. The Morgan fingerprint density at radius 1 is 0.517 bits per heavy atom. The lowest BCUT2D eigenvalue weighted by Crippen LogP contribution is -2.56. The van der Waals surface area contributed by atoms with Gasteiger partial charge < -0.3 is 0 Å². The molecule has 0 aliphatic carbocycles. The fraction of sp³-hybridized carbons (Fsp3) is 0.633. The Morgan fingerprint density at radius 2 is 1.02 bits per heavy atom. The second-order valence-electron chi connectivity index (χ2n) is 17.8. The minimum atomic E-state index is -1.99. The highest BCUT2D eigenvalue weighted by atomic mass is 32.1. The lowest BCUT2D eigenvalue weighted by atomic mass is 9.92. The van der Waals surface area contributed by atoms with Gasteiger partial charge in [0.1, 0.15) is 8.07 Å². The monoisotopic (exact) mass is 872 g/mol. The van der Waals surface area contributed by atoms with Crippen LogP contribution < -0.4 is 10.4 Å². The highest BCUT2D eigenvalue weighted by Crippen LogP contribution is 2.49. The van der Waals surface area contributed by atoms with Crippen LogP contribution in [0.1, 0.15) is 160 Å². The lowest BCUT2D eigenvalue weighted by Gasteiger charge is -2.34. The average Bonchev–Trinajstić information content (AvgIpc) is 4.06. The van der Waals surface area contributed by atoms with Crippen LogP contribution in [0.5, 0.6) is 0 Å². The molecule has 5 atom stereocenters. The summed E-state index contributed by atoms with van der Waals surface area (Å²) in [6.45, 7) is 23.7. The normalized spacial score (nSPS) is 17.1. The van der Waals surface area contributed by atoms with Crippen molar-refractivity contribution in [3.05, 3.63) is 45.1 Å². The molecule has 316 valence electrons. The number of aromatic nitrogens is 4. The molecule has 0 saturated carbocycles. The van der Waals surface area contributed by atoms with E-state index in [0.717, 1.165) is 40.3 Å². The standard InChI is InChI=1S/C49H72N4S4Si/c1-11-18-21-35(15-5)25-38-27-41(55-34(38)10)48-50-52-49(53-51-48)42-28-39(26-36(16-6)22-19-12-2)45(57-42)40-29-44-47(56-40)46-43(24-33(9)54-46)58(44,30-32(8)14-4)31-37(17-7)23-20-13-3/h24,27-29,32,35-37H,11-23,25-26,30-31H2,1-10H3. The number of hydrogen-bond donors (Lipinski definition) is 0. The zero-order valence-electron chi connectivity index (χ0n) is 37.6. The summed E-state index contributed by atoms with van der Waals surface area (Å²) < 4.78 is 0. The van der Waals surface area contributed by atoms with Crippen molar-refractivity contribution in [3.63, 3.8) is 0 Å². The SMILES string of the molecule is CCCCC(CC)Cc1cc(-c2nnc(-c3cc(CC(CC)CCCC)c(-c4cc5c(s4)-c4sc(C)cc4[Si]5(CC(C)CC)CC(CC)CCCC)s3)nn2)sc1C. The van der Waals surface area contributed by atoms with Gasteiger partial charge in [-0.25, -0.2) is 0 Å². The molecule has 0 saturated heterocycles. The quantitative estimate of drug-likeness (QED) is 0.0580. The van der Waals surface area contributed by atoms with Crippen molar-refractivity contribution < 1.29 is 0 Å². The summed E-state index contributed by atoms with van der Waals surface area (Å²) in [5.74, 6) is 4.24. The summed E-state index contributed by atoms with van der Waals surface area (Å²) >= 11 is 7.84. The van der Waals surface area contributed by atoms with E-state index in [-0.39, 0.29) is 0 Å². The molecule has 0 N–H and O–H groups in total. The number of aryl methyl sites for hydroxylation is 2. The number of rotatable bonds is 24. The van der Waals surface area contributed by atoms with E-state index in [9.17, 15) is 0 Å². The molecule has 5 aromatic heterocycles. The zero-order valence-corrected chi connectivity index (χ0v) is 41.8. The second-order valence-corrected chi connectivity index (χ2v) is 26.5. The van der Waals surface area contributed by atoms with E-state index in [0.29, 0.717) is 17.6 Å². The van der Waals surface area contributed by atoms with E-state index in [1.54, 1.807) is 31.5 Å². The first-order chi connectivity index (χ1) is 28.1. The van der Waals surface area contributed by atoms with Gasteiger partial charge in [0, 0.05) is 29.3 Å². The molecule has 4 nitrogen and oxygen atoms in total. The van der Waals surface area contributed by atoms with Gasteiger partial charge in [-0.15, -0.1) is 65.7 Å². The summed E-state index contributed by atoms with van der Waals surface area (Å²) in [6.07, 6.45) is 18.9. The zero-order chi connectivity index (χ0) is 41.4. The van der Waals surface area contributed by atoms with Crippen molar-refractivity contribution in [2.75, 3.05) is 0 Å². The Morgan fingerprint density at radius 3 is 1.59 bits per heavy atom. The van der Waals surface area contributed by atoms with Gasteiger partial charge in [-0.1, -0.05) is 139 Å². The molecule has 0 amide bonds. The lowest BCUT2D eigenvalue weighted by molar-refractivity contribution is 0.449. The van der Waals surface area contributed by atoms with Gasteiger partial charge in [0.2, 0.25) is 11.6 Å². The van der Waals surface area contributed by atoms with Crippen molar-refractivity contribution in [3.8, 4) is 40.9 Å². The van der Waals surface area contributed by atoms with Gasteiger partial charge in [-0.05, 0) is 108 Å². The smallest absolute Gasteiger partial charge is 0.140 e. The molecule has 0 fully saturated rings. The number of nitrogens with zero attached hydrogens (tertiary/aromatic N) is 4. The van der Waals surface area contributed by atoms with Crippen molar-refractivity contribution in [2.45, 2.75) is 178 Å². The molecule has 6 rings (SSSR count). The van der Waals surface area contributed by atoms with E-state index >= 15 is 0 Å². The Balaban J connectivity index is 1.39. The van der Waals surface area contributed by atoms with Gasteiger partial charge in [-0.3, -0.25) is 0 Å². The first kappa shape index (κ1) is 45.5. The van der Waals surface area contributed by atoms with Crippen LogP contribution in [0.2, 0.25) is 12.1 Å². The van der Waals surface area contributed by atoms with E-state index < -0.39 is 8.07 Å². The van der Waals surface area contributed by atoms with Crippen LogP contribution >= 0.6 is 45.3 Å². The van der Waals surface area contributed by atoms with Crippen molar-refractivity contribution >= 4 is 63.8 Å². The van der Waals surface area contributed by atoms with Gasteiger partial charge in [0.25, 0.3) is 0 Å². The molecular weight excluding hydrogens is 801 g/mol. The maximum atomic E-state index is 4.80. The molecule has 9 heteroatoms. The molecule has 1 aliphatic rings. The highest BCUT2D eigenvalue weighted by Gasteiger charge is 2.49. The molecule has 58 heavy (non-hydrogen) atoms. The summed E-state index contributed by atoms with van der Waals surface area (Å²) in [5, 5.41) is 22.6. The van der Waals surface area contributed by atoms with Crippen molar-refractivity contribution in [1.29, 1.82) is 0 Å². The van der Waals surface area contributed by atoms with Gasteiger partial charge in [0.15, 0.2) is 0 Å². The first-order valence-corrected chi connectivity index (χ1v) is 28.8. The van der Waals surface area contributed by atoms with Crippen molar-refractivity contribution in [2.24, 2.45) is 23.7 Å². The molecule has 1 aliphatic heterocycles. The van der Waals surface area contributed by atoms with Crippen LogP contribution in [-0.2, 0) is 12.8 Å². The maximum absolute atomic E-state index is 4.80. The Hall–Kier alpha value is -2.04. The summed E-state index contributed by atoms with van der Waals surface area (Å²) in [4.78, 5) is 11.2. The molecular formula is C49H72N4S4Si. The van der Waals surface area contributed by atoms with Crippen molar-refractivity contribution in [1.82, 2.24) is 20.4 Å². The number of thiophene rings is 4. The van der Waals surface area contributed by atoms with E-state index in [1.807, 2.05) is 11.3 Å². The summed E-state index contributed by atoms with van der Waals surface area (Å²) in [5.41, 5.74) is 2.90. The molecule has 5 aromatic rings. The molecule has 0 aromatic carbocycles. The number of hydrogen-bond acceptors (Lipinski definition) is 8. The third-order valence-corrected chi connectivity index (χ3v) is 24.1. The van der Waals surface area contributed by atoms with E-state index in [1.165, 1.54) is 126 Å². The van der Waals surface area contributed by atoms with E-state index in [4.69, 9.17) is 20.4 Å². The Labute approximate surface area is 369 Å². The first-order valence-electron chi connectivity index (χ1n) is 23.2. The molecule has 0 spiro atoms. The minimum Gasteiger partial charge on any atom is -0.140 e. The van der Waals surface area contributed by atoms with Crippen LogP contribution in [0.15, 0.2) is 24.3 Å². The number of unbranched alkanes of at least 4 members (excludes halogenated alkanes) is 3. The fourth-order valence-electron chi connectivity index (χ4n) is 9.58. The minimum absolute atomic E-state index is 0.649. The van der Waals surface area contributed by atoms with Crippen LogP contribution in [0.4, 0.5) is 0 Å². The Bertz CT molecular complexity index is 2040. The topological polar surface area (TPSA) is 51.6 Å². The van der Waals surface area contributed by atoms with Crippen LogP contribution in [0.25, 0.3) is 40.9 Å². The predicted octanol–water partition coefficient (Wildman–Crippen LogP) is 15.5. The average molecular weight is 873 g/mol. The van der Waals surface area contributed by atoms with Crippen LogP contribution in [0.3, 0.4) is 0 Å². The maximum Gasteiger partial charge on any atom is 0.213 e. The summed E-state index contributed by atoms with van der Waals surface area (Å²) in [7, 11) is -1.99. The molecule has 0 bridgehead atoms. The highest BCUT2D eigenvalue weighted by molar-refractivity contribution is 7.32. The van der Waals surface area contributed by atoms with Gasteiger partial charge in [0.05, 0.1) is 9.75 Å². The third kappa shape index (κ3) is 10.2. The van der Waals surface area contributed by atoms with Gasteiger partial charge >= 0.3 is 0 Å². The third-order valence-electron chi connectivity index (χ3n) is 13.5. The molecule has 5 unspecified atom stereocenters.